The van der Waals surface area contributed by atoms with Gasteiger partial charge in [-0.05, 0) is 53.5 Å². The van der Waals surface area contributed by atoms with Gasteiger partial charge >= 0.3 is 0 Å². The first-order valence-corrected chi connectivity index (χ1v) is 7.60. The fourth-order valence-corrected chi connectivity index (χ4v) is 3.21. The molecular weight excluding hydrogens is 276 g/mol. The van der Waals surface area contributed by atoms with Gasteiger partial charge < -0.3 is 9.84 Å². The molecule has 0 unspecified atom stereocenters. The standard InChI is InChI=1S/C13H16N4O2S/c18-12-3-1-11(2-4-12)17-13(14-15-16-17)20-9-10-5-7-19-8-6-10/h1-4,10,18H,5-9H2. The Kier molecular flexibility index (Phi) is 4.17. The van der Waals surface area contributed by atoms with Crippen molar-refractivity contribution in [2.75, 3.05) is 19.0 Å². The third kappa shape index (κ3) is 3.10. The average Bonchev–Trinajstić information content (AvgIpc) is 2.95. The average molecular weight is 292 g/mol. The topological polar surface area (TPSA) is 73.1 Å². The number of aromatic hydroxyl groups is 1. The largest absolute Gasteiger partial charge is 0.508 e. The van der Waals surface area contributed by atoms with E-state index in [1.54, 1.807) is 40.7 Å². The van der Waals surface area contributed by atoms with Crippen molar-refractivity contribution in [1.29, 1.82) is 0 Å². The molecule has 0 aliphatic carbocycles. The Morgan fingerprint density at radius 2 is 2.00 bits per heavy atom. The van der Waals surface area contributed by atoms with Crippen LogP contribution in [-0.2, 0) is 4.74 Å². The summed E-state index contributed by atoms with van der Waals surface area (Å²) in [7, 11) is 0. The first-order chi connectivity index (χ1) is 9.83. The van der Waals surface area contributed by atoms with Crippen LogP contribution in [0.3, 0.4) is 0 Å². The normalized spacial score (nSPS) is 16.4. The minimum atomic E-state index is 0.234. The number of hydrogen-bond donors (Lipinski definition) is 1. The molecule has 6 nitrogen and oxygen atoms in total. The molecule has 20 heavy (non-hydrogen) atoms. The zero-order chi connectivity index (χ0) is 13.8. The molecule has 2 aromatic rings. The molecule has 0 bridgehead atoms. The van der Waals surface area contributed by atoms with Crippen LogP contribution in [0.25, 0.3) is 5.69 Å². The highest BCUT2D eigenvalue weighted by atomic mass is 32.2. The summed E-state index contributed by atoms with van der Waals surface area (Å²) in [6.07, 6.45) is 2.21. The smallest absolute Gasteiger partial charge is 0.214 e. The molecule has 0 atom stereocenters. The van der Waals surface area contributed by atoms with Crippen molar-refractivity contribution >= 4 is 11.8 Å². The number of phenolic OH excluding ortho intramolecular Hbond substituents is 1. The van der Waals surface area contributed by atoms with E-state index in [0.29, 0.717) is 5.92 Å². The summed E-state index contributed by atoms with van der Waals surface area (Å²) in [6, 6.07) is 6.85. The minimum absolute atomic E-state index is 0.234. The molecule has 7 heteroatoms. The van der Waals surface area contributed by atoms with Crippen LogP contribution in [0.2, 0.25) is 0 Å². The van der Waals surface area contributed by atoms with Gasteiger partial charge in [0.05, 0.1) is 5.69 Å². The lowest BCUT2D eigenvalue weighted by Crippen LogP contribution is -2.17. The maximum absolute atomic E-state index is 9.32. The summed E-state index contributed by atoms with van der Waals surface area (Å²) in [5.74, 6) is 1.90. The Labute approximate surface area is 121 Å². The fourth-order valence-electron chi connectivity index (χ4n) is 2.13. The lowest BCUT2D eigenvalue weighted by molar-refractivity contribution is 0.0728. The Balaban J connectivity index is 1.68. The highest BCUT2D eigenvalue weighted by molar-refractivity contribution is 7.99. The number of nitrogens with zero attached hydrogens (tertiary/aromatic N) is 4. The molecule has 0 amide bonds. The summed E-state index contributed by atoms with van der Waals surface area (Å²) >= 11 is 1.67. The molecule has 2 heterocycles. The number of tetrazole rings is 1. The SMILES string of the molecule is Oc1ccc(-n2nnnc2SCC2CCOCC2)cc1. The van der Waals surface area contributed by atoms with Crippen molar-refractivity contribution < 1.29 is 9.84 Å². The van der Waals surface area contributed by atoms with Gasteiger partial charge in [0.25, 0.3) is 0 Å². The summed E-state index contributed by atoms with van der Waals surface area (Å²) in [5.41, 5.74) is 0.849. The quantitative estimate of drug-likeness (QED) is 0.868. The summed E-state index contributed by atoms with van der Waals surface area (Å²) in [4.78, 5) is 0. The van der Waals surface area contributed by atoms with Crippen molar-refractivity contribution in [3.8, 4) is 11.4 Å². The van der Waals surface area contributed by atoms with Crippen molar-refractivity contribution in [1.82, 2.24) is 20.2 Å². The van der Waals surface area contributed by atoms with Gasteiger partial charge in [-0.25, -0.2) is 0 Å². The van der Waals surface area contributed by atoms with Gasteiger partial charge in [0, 0.05) is 19.0 Å². The molecular formula is C13H16N4O2S. The van der Waals surface area contributed by atoms with E-state index in [2.05, 4.69) is 15.5 Å². The number of hydrogen-bond acceptors (Lipinski definition) is 6. The van der Waals surface area contributed by atoms with Gasteiger partial charge in [0.15, 0.2) is 0 Å². The van der Waals surface area contributed by atoms with E-state index < -0.39 is 0 Å². The number of aromatic nitrogens is 4. The molecule has 1 N–H and O–H groups in total. The lowest BCUT2D eigenvalue weighted by Gasteiger charge is -2.21. The maximum atomic E-state index is 9.32. The first kappa shape index (κ1) is 13.4. The molecule has 0 radical (unpaired) electrons. The van der Waals surface area contributed by atoms with Crippen LogP contribution >= 0.6 is 11.8 Å². The predicted octanol–water partition coefficient (Wildman–Crippen LogP) is 1.89. The Bertz CT molecular complexity index is 552. The summed E-state index contributed by atoms with van der Waals surface area (Å²) < 4.78 is 7.06. The van der Waals surface area contributed by atoms with Crippen molar-refractivity contribution in [3.63, 3.8) is 0 Å². The van der Waals surface area contributed by atoms with Gasteiger partial charge in [-0.1, -0.05) is 11.8 Å². The number of ether oxygens (including phenoxy) is 1. The molecule has 0 spiro atoms. The van der Waals surface area contributed by atoms with Crippen LogP contribution in [0.5, 0.6) is 5.75 Å². The second-order valence-electron chi connectivity index (χ2n) is 4.76. The van der Waals surface area contributed by atoms with Crippen molar-refractivity contribution in [3.05, 3.63) is 24.3 Å². The van der Waals surface area contributed by atoms with E-state index >= 15 is 0 Å². The Hall–Kier alpha value is -1.60. The maximum Gasteiger partial charge on any atom is 0.214 e. The molecule has 1 saturated heterocycles. The monoisotopic (exact) mass is 292 g/mol. The van der Waals surface area contributed by atoms with E-state index in [1.807, 2.05) is 0 Å². The highest BCUT2D eigenvalue weighted by Crippen LogP contribution is 2.25. The molecule has 1 aliphatic rings. The number of benzene rings is 1. The summed E-state index contributed by atoms with van der Waals surface area (Å²) in [6.45, 7) is 1.71. The van der Waals surface area contributed by atoms with Gasteiger partial charge in [0.1, 0.15) is 5.75 Å². The van der Waals surface area contributed by atoms with Crippen LogP contribution in [0, 0.1) is 5.92 Å². The Morgan fingerprint density at radius 3 is 2.75 bits per heavy atom. The molecule has 1 aromatic heterocycles. The third-order valence-electron chi connectivity index (χ3n) is 3.32. The van der Waals surface area contributed by atoms with E-state index in [4.69, 9.17) is 4.74 Å². The zero-order valence-corrected chi connectivity index (χ0v) is 11.8. The number of rotatable bonds is 4. The molecule has 106 valence electrons. The van der Waals surface area contributed by atoms with Gasteiger partial charge in [-0.3, -0.25) is 0 Å². The second kappa shape index (κ2) is 6.23. The second-order valence-corrected chi connectivity index (χ2v) is 5.74. The zero-order valence-electron chi connectivity index (χ0n) is 11.0. The highest BCUT2D eigenvalue weighted by Gasteiger charge is 2.16. The number of phenols is 1. The molecule has 1 aliphatic heterocycles. The van der Waals surface area contributed by atoms with Crippen LogP contribution in [0.1, 0.15) is 12.8 Å². The van der Waals surface area contributed by atoms with Crippen LogP contribution in [0.15, 0.2) is 29.4 Å². The van der Waals surface area contributed by atoms with E-state index in [1.165, 1.54) is 0 Å². The number of thioether (sulfide) groups is 1. The van der Waals surface area contributed by atoms with Crippen LogP contribution in [0.4, 0.5) is 0 Å². The van der Waals surface area contributed by atoms with E-state index in [0.717, 1.165) is 42.7 Å². The van der Waals surface area contributed by atoms with Crippen LogP contribution in [-0.4, -0.2) is 44.3 Å². The lowest BCUT2D eigenvalue weighted by atomic mass is 10.0. The molecule has 1 fully saturated rings. The molecule has 3 rings (SSSR count). The molecule has 1 aromatic carbocycles. The van der Waals surface area contributed by atoms with Gasteiger partial charge in [-0.2, -0.15) is 4.68 Å². The minimum Gasteiger partial charge on any atom is -0.508 e. The van der Waals surface area contributed by atoms with Gasteiger partial charge in [-0.15, -0.1) is 5.10 Å². The molecule has 0 saturated carbocycles. The first-order valence-electron chi connectivity index (χ1n) is 6.61. The third-order valence-corrected chi connectivity index (χ3v) is 4.48. The van der Waals surface area contributed by atoms with Crippen molar-refractivity contribution in [2.24, 2.45) is 5.92 Å². The van der Waals surface area contributed by atoms with Crippen molar-refractivity contribution in [2.45, 2.75) is 18.0 Å². The van der Waals surface area contributed by atoms with E-state index in [-0.39, 0.29) is 5.75 Å². The Morgan fingerprint density at radius 1 is 1.25 bits per heavy atom. The predicted molar refractivity (Wildman–Crippen MR) is 75.1 cm³/mol. The summed E-state index contributed by atoms with van der Waals surface area (Å²) in [5, 5.41) is 21.9. The van der Waals surface area contributed by atoms with E-state index in [9.17, 15) is 5.11 Å². The van der Waals surface area contributed by atoms with Crippen LogP contribution < -0.4 is 0 Å². The fraction of sp³-hybridized carbons (Fsp3) is 0.462. The van der Waals surface area contributed by atoms with Gasteiger partial charge in [0.2, 0.25) is 5.16 Å².